The first-order valence-electron chi connectivity index (χ1n) is 24.8. The van der Waals surface area contributed by atoms with E-state index in [0.29, 0.717) is 23.4 Å². The van der Waals surface area contributed by atoms with Crippen molar-refractivity contribution < 1.29 is 0 Å². The molecule has 14 aromatic rings. The van der Waals surface area contributed by atoms with Crippen LogP contribution in [0.15, 0.2) is 261 Å². The predicted octanol–water partition coefficient (Wildman–Crippen LogP) is 16.5. The van der Waals surface area contributed by atoms with E-state index in [1.165, 1.54) is 0 Å². The molecule has 346 valence electrons. The molecule has 0 radical (unpaired) electrons. The third-order valence-electron chi connectivity index (χ3n) is 14.0. The minimum atomic E-state index is 0.546. The summed E-state index contributed by atoms with van der Waals surface area (Å²) in [7, 11) is 0. The molecule has 0 spiro atoms. The maximum absolute atomic E-state index is 5.39. The molecule has 7 heteroatoms. The van der Waals surface area contributed by atoms with Crippen molar-refractivity contribution in [2.75, 3.05) is 0 Å². The Morgan fingerprint density at radius 3 is 1.32 bits per heavy atom. The fourth-order valence-corrected chi connectivity index (χ4v) is 10.6. The molecule has 0 saturated heterocycles. The Kier molecular flexibility index (Phi) is 10.4. The summed E-state index contributed by atoms with van der Waals surface area (Å²) < 4.78 is 4.60. The summed E-state index contributed by atoms with van der Waals surface area (Å²) in [5.41, 5.74) is 16.2. The first-order chi connectivity index (χ1) is 36.7. The van der Waals surface area contributed by atoms with Crippen molar-refractivity contribution in [2.45, 2.75) is 0 Å². The van der Waals surface area contributed by atoms with Crippen molar-refractivity contribution in [3.8, 4) is 90.6 Å². The SMILES string of the molecule is c1ccc(-c2cccc(-c3cc(-c4cccc(-n5c6ccccc6c6c7c8ccccc8n(-c8nc(-c9ccccc9)nc(-c9ccccc9-c9ccccc9)n8)c7ccc65)c4)nc(-c4ccccc4)n3)c2)cc1. The molecule has 74 heavy (non-hydrogen) atoms. The van der Waals surface area contributed by atoms with Gasteiger partial charge in [-0.2, -0.15) is 9.97 Å². The molecule has 0 saturated carbocycles. The number of para-hydroxylation sites is 2. The van der Waals surface area contributed by atoms with Crippen LogP contribution in [-0.4, -0.2) is 34.1 Å². The van der Waals surface area contributed by atoms with Gasteiger partial charge in [-0.05, 0) is 70.8 Å². The number of hydrogen-bond acceptors (Lipinski definition) is 5. The molecule has 14 rings (SSSR count). The largest absolute Gasteiger partial charge is 0.309 e. The molecular formula is C67H43N7. The zero-order valence-electron chi connectivity index (χ0n) is 40.0. The molecule has 7 nitrogen and oxygen atoms in total. The minimum Gasteiger partial charge on any atom is -0.309 e. The summed E-state index contributed by atoms with van der Waals surface area (Å²) in [6, 6.07) is 91.0. The van der Waals surface area contributed by atoms with Gasteiger partial charge >= 0.3 is 0 Å². The molecule has 0 aliphatic heterocycles. The normalized spacial score (nSPS) is 11.5. The Bertz CT molecular complexity index is 4410. The minimum absolute atomic E-state index is 0.546. The summed E-state index contributed by atoms with van der Waals surface area (Å²) in [5, 5.41) is 4.53. The second-order valence-electron chi connectivity index (χ2n) is 18.4. The van der Waals surface area contributed by atoms with Crippen LogP contribution in [0.1, 0.15) is 0 Å². The van der Waals surface area contributed by atoms with Crippen molar-refractivity contribution in [3.63, 3.8) is 0 Å². The van der Waals surface area contributed by atoms with Gasteiger partial charge in [0.05, 0.1) is 33.5 Å². The van der Waals surface area contributed by atoms with Crippen LogP contribution in [0.2, 0.25) is 0 Å². The Morgan fingerprint density at radius 2 is 0.689 bits per heavy atom. The number of nitrogens with zero attached hydrogens (tertiary/aromatic N) is 7. The van der Waals surface area contributed by atoms with E-state index in [1.807, 2.05) is 48.5 Å². The molecule has 4 heterocycles. The molecule has 0 fully saturated rings. The van der Waals surface area contributed by atoms with Crippen molar-refractivity contribution in [1.82, 2.24) is 34.1 Å². The highest BCUT2D eigenvalue weighted by Crippen LogP contribution is 2.43. The zero-order chi connectivity index (χ0) is 49.0. The Labute approximate surface area is 427 Å². The van der Waals surface area contributed by atoms with Crippen LogP contribution >= 0.6 is 0 Å². The van der Waals surface area contributed by atoms with Crippen molar-refractivity contribution in [1.29, 1.82) is 0 Å². The fourth-order valence-electron chi connectivity index (χ4n) is 10.6. The first kappa shape index (κ1) is 42.7. The van der Waals surface area contributed by atoms with Gasteiger partial charge in [-0.15, -0.1) is 0 Å². The van der Waals surface area contributed by atoms with Gasteiger partial charge in [0.1, 0.15) is 0 Å². The van der Waals surface area contributed by atoms with Crippen LogP contribution in [0, 0.1) is 0 Å². The lowest BCUT2D eigenvalue weighted by Gasteiger charge is -2.13. The van der Waals surface area contributed by atoms with Gasteiger partial charge in [0.2, 0.25) is 5.95 Å². The maximum atomic E-state index is 5.39. The number of benzene rings is 10. The Morgan fingerprint density at radius 1 is 0.243 bits per heavy atom. The maximum Gasteiger partial charge on any atom is 0.238 e. The van der Waals surface area contributed by atoms with Crippen LogP contribution in [0.4, 0.5) is 0 Å². The van der Waals surface area contributed by atoms with Crippen LogP contribution < -0.4 is 0 Å². The molecule has 0 bridgehead atoms. The smallest absolute Gasteiger partial charge is 0.238 e. The lowest BCUT2D eigenvalue weighted by molar-refractivity contribution is 0.954. The molecule has 0 unspecified atom stereocenters. The number of aromatic nitrogens is 7. The highest BCUT2D eigenvalue weighted by atomic mass is 15.2. The van der Waals surface area contributed by atoms with E-state index in [0.717, 1.165) is 111 Å². The first-order valence-corrected chi connectivity index (χ1v) is 24.8. The van der Waals surface area contributed by atoms with Gasteiger partial charge in [-0.3, -0.25) is 4.57 Å². The summed E-state index contributed by atoms with van der Waals surface area (Å²) in [5.74, 6) is 2.42. The van der Waals surface area contributed by atoms with E-state index in [9.17, 15) is 0 Å². The highest BCUT2D eigenvalue weighted by Gasteiger charge is 2.24. The molecule has 0 amide bonds. The predicted molar refractivity (Wildman–Crippen MR) is 302 cm³/mol. The molecule has 10 aromatic carbocycles. The monoisotopic (exact) mass is 945 g/mol. The van der Waals surface area contributed by atoms with Crippen molar-refractivity contribution in [2.24, 2.45) is 0 Å². The van der Waals surface area contributed by atoms with E-state index in [1.54, 1.807) is 0 Å². The van der Waals surface area contributed by atoms with Gasteiger partial charge in [0.25, 0.3) is 0 Å². The third kappa shape index (κ3) is 7.42. The van der Waals surface area contributed by atoms with Crippen LogP contribution in [0.5, 0.6) is 0 Å². The zero-order valence-corrected chi connectivity index (χ0v) is 40.0. The van der Waals surface area contributed by atoms with Gasteiger partial charge < -0.3 is 4.57 Å². The molecule has 0 N–H and O–H groups in total. The topological polar surface area (TPSA) is 74.3 Å². The standard InChI is InChI=1S/C67H43N7/c1-5-21-44(22-6-1)48-29-19-30-49(41-48)56-43-57(69-64(68-56)46-25-9-3-10-26-46)50-31-20-32-51(42-50)73-58-37-17-15-35-54(58)62-60(73)39-40-61-63(62)55-36-16-18-38-59(55)74(61)67-71-65(47-27-11-4-12-28-47)70-66(72-67)53-34-14-13-33-52(53)45-23-7-2-8-24-45/h1-43H. The highest BCUT2D eigenvalue weighted by molar-refractivity contribution is 6.28. The Hall–Kier alpha value is -10.1. The van der Waals surface area contributed by atoms with Crippen LogP contribution in [0.25, 0.3) is 134 Å². The molecule has 0 aliphatic carbocycles. The van der Waals surface area contributed by atoms with E-state index in [4.69, 9.17) is 24.9 Å². The average Bonchev–Trinajstić information content (AvgIpc) is 4.06. The van der Waals surface area contributed by atoms with E-state index < -0.39 is 0 Å². The van der Waals surface area contributed by atoms with E-state index >= 15 is 0 Å². The lowest BCUT2D eigenvalue weighted by Crippen LogP contribution is -2.06. The van der Waals surface area contributed by atoms with E-state index in [-0.39, 0.29) is 0 Å². The summed E-state index contributed by atoms with van der Waals surface area (Å²) in [4.78, 5) is 26.3. The lowest BCUT2D eigenvalue weighted by atomic mass is 9.99. The fraction of sp³-hybridized carbons (Fsp3) is 0. The van der Waals surface area contributed by atoms with Crippen molar-refractivity contribution >= 4 is 43.6 Å². The molecule has 0 atom stereocenters. The van der Waals surface area contributed by atoms with E-state index in [2.05, 4.69) is 221 Å². The average molecular weight is 946 g/mol. The molecule has 0 aliphatic rings. The summed E-state index contributed by atoms with van der Waals surface area (Å²) >= 11 is 0. The van der Waals surface area contributed by atoms with Gasteiger partial charge in [0.15, 0.2) is 17.5 Å². The van der Waals surface area contributed by atoms with Gasteiger partial charge in [-0.1, -0.05) is 212 Å². The van der Waals surface area contributed by atoms with Gasteiger partial charge in [0, 0.05) is 55.0 Å². The molecular weight excluding hydrogens is 903 g/mol. The van der Waals surface area contributed by atoms with Gasteiger partial charge in [-0.25, -0.2) is 15.0 Å². The summed E-state index contributed by atoms with van der Waals surface area (Å²) in [6.45, 7) is 0. The number of rotatable bonds is 9. The quantitative estimate of drug-likeness (QED) is 0.144. The third-order valence-corrected chi connectivity index (χ3v) is 14.0. The van der Waals surface area contributed by atoms with Crippen LogP contribution in [-0.2, 0) is 0 Å². The van der Waals surface area contributed by atoms with Crippen LogP contribution in [0.3, 0.4) is 0 Å². The second-order valence-corrected chi connectivity index (χ2v) is 18.4. The Balaban J connectivity index is 0.959. The molecule has 4 aromatic heterocycles. The number of hydrogen-bond donors (Lipinski definition) is 0. The second kappa shape index (κ2) is 17.9. The van der Waals surface area contributed by atoms with Crippen molar-refractivity contribution in [3.05, 3.63) is 261 Å². The number of fused-ring (bicyclic) bond motifs is 7. The summed E-state index contributed by atoms with van der Waals surface area (Å²) in [6.07, 6.45) is 0.